The minimum atomic E-state index is 0.0223. The van der Waals surface area contributed by atoms with Gasteiger partial charge >= 0.3 is 0 Å². The second kappa shape index (κ2) is 5.14. The standard InChI is InChI=1S/C18H18O2/c1-12-7-8-15-11-16(20-10-9-19)18(17(15)13(12)2)14-5-3-4-6-14/h3-5,7-8,11,19H,2,6,9-10H2,1H3. The molecule has 0 unspecified atom stereocenters. The van der Waals surface area contributed by atoms with E-state index in [1.165, 1.54) is 16.4 Å². The minimum absolute atomic E-state index is 0.0223. The monoisotopic (exact) mass is 266 g/mol. The lowest BCUT2D eigenvalue weighted by Crippen LogP contribution is -2.29. The van der Waals surface area contributed by atoms with Crippen molar-refractivity contribution in [2.75, 3.05) is 13.2 Å². The van der Waals surface area contributed by atoms with Crippen molar-refractivity contribution in [1.29, 1.82) is 0 Å². The largest absolute Gasteiger partial charge is 0.491 e. The molecule has 102 valence electrons. The number of hydrogen-bond donors (Lipinski definition) is 1. The average molecular weight is 266 g/mol. The molecular formula is C18H18O2. The topological polar surface area (TPSA) is 29.5 Å². The van der Waals surface area contributed by atoms with Gasteiger partial charge in [0.05, 0.1) is 6.61 Å². The molecular weight excluding hydrogens is 248 g/mol. The van der Waals surface area contributed by atoms with Crippen LogP contribution in [0.1, 0.15) is 17.5 Å². The highest BCUT2D eigenvalue weighted by Crippen LogP contribution is 2.31. The van der Waals surface area contributed by atoms with Gasteiger partial charge in [0.25, 0.3) is 0 Å². The molecule has 0 fully saturated rings. The molecule has 0 spiro atoms. The zero-order chi connectivity index (χ0) is 14.1. The van der Waals surface area contributed by atoms with E-state index < -0.39 is 0 Å². The maximum absolute atomic E-state index is 8.99. The van der Waals surface area contributed by atoms with Crippen LogP contribution < -0.4 is 10.4 Å². The second-order valence-electron chi connectivity index (χ2n) is 5.11. The number of rotatable bonds is 4. The zero-order valence-electron chi connectivity index (χ0n) is 11.6. The van der Waals surface area contributed by atoms with Gasteiger partial charge in [-0.05, 0) is 46.6 Å². The molecule has 2 nitrogen and oxygen atoms in total. The van der Waals surface area contributed by atoms with Gasteiger partial charge in [-0.25, -0.2) is 0 Å². The van der Waals surface area contributed by atoms with E-state index in [0.717, 1.165) is 28.5 Å². The molecule has 1 aromatic carbocycles. The molecule has 0 aliphatic heterocycles. The van der Waals surface area contributed by atoms with Crippen LogP contribution in [0.15, 0.2) is 41.7 Å². The first kappa shape index (κ1) is 12.9. The van der Waals surface area contributed by atoms with E-state index in [1.807, 2.05) is 6.08 Å². The van der Waals surface area contributed by atoms with Crippen LogP contribution in [0.5, 0.6) is 0 Å². The van der Waals surface area contributed by atoms with E-state index in [2.05, 4.69) is 43.9 Å². The summed E-state index contributed by atoms with van der Waals surface area (Å²) in [5, 5.41) is 11.2. The summed E-state index contributed by atoms with van der Waals surface area (Å²) in [5.41, 5.74) is 4.72. The lowest BCUT2D eigenvalue weighted by molar-refractivity contribution is 0.156. The highest BCUT2D eigenvalue weighted by Gasteiger charge is 2.21. The fourth-order valence-corrected chi connectivity index (χ4v) is 2.74. The van der Waals surface area contributed by atoms with Crippen LogP contribution in [0, 0.1) is 6.92 Å². The number of hydrogen-bond acceptors (Lipinski definition) is 2. The summed E-state index contributed by atoms with van der Waals surface area (Å²) in [7, 11) is 0. The van der Waals surface area contributed by atoms with Crippen molar-refractivity contribution in [2.45, 2.75) is 13.3 Å². The van der Waals surface area contributed by atoms with E-state index in [-0.39, 0.29) is 6.61 Å². The summed E-state index contributed by atoms with van der Waals surface area (Å²) in [6.45, 7) is 6.64. The van der Waals surface area contributed by atoms with Gasteiger partial charge in [-0.15, -0.1) is 0 Å². The molecule has 2 aliphatic carbocycles. The fraction of sp³-hybridized carbons (Fsp3) is 0.222. The molecule has 0 amide bonds. The SMILES string of the molecule is C=c1c(C)ccc2c1=C(C1=CC=CC1)C(OCCO)=C2. The maximum atomic E-state index is 8.99. The molecule has 0 atom stereocenters. The molecule has 0 saturated carbocycles. The summed E-state index contributed by atoms with van der Waals surface area (Å²) in [6, 6.07) is 4.20. The first-order valence-electron chi connectivity index (χ1n) is 6.87. The highest BCUT2D eigenvalue weighted by atomic mass is 16.5. The van der Waals surface area contributed by atoms with Crippen LogP contribution in [0.2, 0.25) is 0 Å². The summed E-state index contributed by atoms with van der Waals surface area (Å²) < 4.78 is 5.73. The highest BCUT2D eigenvalue weighted by molar-refractivity contribution is 5.88. The Bertz CT molecular complexity index is 748. The van der Waals surface area contributed by atoms with E-state index in [4.69, 9.17) is 9.84 Å². The molecule has 0 heterocycles. The molecule has 0 radical (unpaired) electrons. The summed E-state index contributed by atoms with van der Waals surface area (Å²) >= 11 is 0. The molecule has 3 rings (SSSR count). The second-order valence-corrected chi connectivity index (χ2v) is 5.11. The number of aryl methyl sites for hydroxylation is 1. The number of benzene rings is 1. The van der Waals surface area contributed by atoms with Gasteiger partial charge in [0.1, 0.15) is 12.4 Å². The number of ether oxygens (including phenoxy) is 1. The minimum Gasteiger partial charge on any atom is -0.491 e. The van der Waals surface area contributed by atoms with Crippen LogP contribution in [-0.2, 0) is 4.74 Å². The molecule has 2 heteroatoms. The van der Waals surface area contributed by atoms with Crippen molar-refractivity contribution >= 4 is 18.2 Å². The fourth-order valence-electron chi connectivity index (χ4n) is 2.74. The Morgan fingerprint density at radius 3 is 2.90 bits per heavy atom. The lowest BCUT2D eigenvalue weighted by Gasteiger charge is -2.11. The van der Waals surface area contributed by atoms with E-state index in [1.54, 1.807) is 0 Å². The third-order valence-corrected chi connectivity index (χ3v) is 3.80. The van der Waals surface area contributed by atoms with Gasteiger partial charge in [-0.3, -0.25) is 0 Å². The van der Waals surface area contributed by atoms with Gasteiger partial charge in [-0.2, -0.15) is 0 Å². The molecule has 0 bridgehead atoms. The molecule has 0 aromatic heterocycles. The molecule has 1 N–H and O–H groups in total. The van der Waals surface area contributed by atoms with E-state index in [0.29, 0.717) is 6.61 Å². The molecule has 20 heavy (non-hydrogen) atoms. The van der Waals surface area contributed by atoms with Crippen LogP contribution in [0.25, 0.3) is 18.2 Å². The average Bonchev–Trinajstić information content (AvgIpc) is 3.07. The van der Waals surface area contributed by atoms with Gasteiger partial charge in [-0.1, -0.05) is 36.9 Å². The van der Waals surface area contributed by atoms with Crippen molar-refractivity contribution in [2.24, 2.45) is 0 Å². The van der Waals surface area contributed by atoms with Crippen LogP contribution in [0.3, 0.4) is 0 Å². The van der Waals surface area contributed by atoms with Gasteiger partial charge in [0, 0.05) is 5.57 Å². The van der Waals surface area contributed by atoms with Crippen molar-refractivity contribution < 1.29 is 9.84 Å². The molecule has 2 aliphatic rings. The first-order chi connectivity index (χ1) is 9.72. The van der Waals surface area contributed by atoms with Crippen molar-refractivity contribution in [3.8, 4) is 0 Å². The van der Waals surface area contributed by atoms with Gasteiger partial charge in [0.2, 0.25) is 0 Å². The number of aliphatic hydroxyl groups excluding tert-OH is 1. The molecule has 1 aromatic rings. The predicted octanol–water partition coefficient (Wildman–Crippen LogP) is 1.81. The number of fused-ring (bicyclic) bond motifs is 1. The van der Waals surface area contributed by atoms with Crippen molar-refractivity contribution in [3.63, 3.8) is 0 Å². The Morgan fingerprint density at radius 2 is 2.20 bits per heavy atom. The van der Waals surface area contributed by atoms with Crippen molar-refractivity contribution in [3.05, 3.63) is 63.3 Å². The Morgan fingerprint density at radius 1 is 1.35 bits per heavy atom. The molecule has 0 saturated heterocycles. The van der Waals surface area contributed by atoms with Crippen LogP contribution in [-0.4, -0.2) is 18.3 Å². The zero-order valence-corrected chi connectivity index (χ0v) is 11.6. The van der Waals surface area contributed by atoms with Gasteiger partial charge < -0.3 is 9.84 Å². The first-order valence-corrected chi connectivity index (χ1v) is 6.87. The number of allylic oxidation sites excluding steroid dienone is 4. The summed E-state index contributed by atoms with van der Waals surface area (Å²) in [4.78, 5) is 0. The van der Waals surface area contributed by atoms with E-state index >= 15 is 0 Å². The summed E-state index contributed by atoms with van der Waals surface area (Å²) in [6.07, 6.45) is 9.31. The Labute approximate surface area is 118 Å². The Balaban J connectivity index is 2.21. The van der Waals surface area contributed by atoms with Crippen molar-refractivity contribution in [1.82, 2.24) is 0 Å². The normalized spacial score (nSPS) is 16.2. The third kappa shape index (κ3) is 2.02. The Hall–Kier alpha value is -2.06. The maximum Gasteiger partial charge on any atom is 0.128 e. The summed E-state index contributed by atoms with van der Waals surface area (Å²) in [5.74, 6) is 0.847. The van der Waals surface area contributed by atoms with Gasteiger partial charge in [0.15, 0.2) is 0 Å². The van der Waals surface area contributed by atoms with Crippen LogP contribution in [0.4, 0.5) is 0 Å². The quantitative estimate of drug-likeness (QED) is 0.900. The lowest BCUT2D eigenvalue weighted by atomic mass is 10.0. The number of aliphatic hydroxyl groups is 1. The third-order valence-electron chi connectivity index (χ3n) is 3.80. The smallest absolute Gasteiger partial charge is 0.128 e. The Kier molecular flexibility index (Phi) is 3.33. The van der Waals surface area contributed by atoms with Crippen LogP contribution >= 0.6 is 0 Å². The predicted molar refractivity (Wildman–Crippen MR) is 82.2 cm³/mol. The van der Waals surface area contributed by atoms with E-state index in [9.17, 15) is 0 Å².